The molecule has 0 saturated carbocycles. The van der Waals surface area contributed by atoms with E-state index in [1.165, 1.54) is 26.0 Å². The van der Waals surface area contributed by atoms with Gasteiger partial charge in [-0.1, -0.05) is 37.0 Å². The molecule has 1 aliphatic heterocycles. The molecule has 3 N–H and O–H groups in total. The Balaban J connectivity index is 1.75. The fourth-order valence-corrected chi connectivity index (χ4v) is 6.11. The Kier molecular flexibility index (Phi) is 8.88. The third kappa shape index (κ3) is 6.98. The second kappa shape index (κ2) is 13.0. The van der Waals surface area contributed by atoms with E-state index in [0.29, 0.717) is 0 Å². The third-order valence-electron chi connectivity index (χ3n) is 6.30. The zero-order valence-corrected chi connectivity index (χ0v) is 24.5. The smallest absolute Gasteiger partial charge is 0.380 e. The zero-order chi connectivity index (χ0) is 33.3. The van der Waals surface area contributed by atoms with E-state index >= 15 is 0 Å². The van der Waals surface area contributed by atoms with Crippen molar-refractivity contribution in [3.05, 3.63) is 58.5 Å². The molecule has 3 heterocycles. The van der Waals surface area contributed by atoms with Gasteiger partial charge in [0.05, 0.1) is 27.5 Å². The maximum Gasteiger partial charge on any atom is 0.380 e. The van der Waals surface area contributed by atoms with E-state index in [-0.39, 0.29) is 17.2 Å². The fourth-order valence-electron chi connectivity index (χ4n) is 4.40. The van der Waals surface area contributed by atoms with Gasteiger partial charge in [0, 0.05) is 6.20 Å². The summed E-state index contributed by atoms with van der Waals surface area (Å²) in [7, 11) is -4.67. The summed E-state index contributed by atoms with van der Waals surface area (Å²) in [6, 6.07) is 7.55. The molecule has 43 heavy (non-hydrogen) atoms. The van der Waals surface area contributed by atoms with Gasteiger partial charge in [0.25, 0.3) is 5.56 Å². The van der Waals surface area contributed by atoms with Crippen molar-refractivity contribution >= 4 is 24.6 Å². The third-order valence-corrected chi connectivity index (χ3v) is 8.17. The van der Waals surface area contributed by atoms with E-state index in [4.69, 9.17) is 21.3 Å². The van der Waals surface area contributed by atoms with Crippen molar-refractivity contribution in [3.8, 4) is 17.6 Å². The average molecular weight is 626 g/mol. The number of nitrogens with zero attached hydrogens (tertiary/aromatic N) is 2. The number of fused-ring (bicyclic) bond motifs is 1. The number of halogens is 2. The second-order valence-corrected chi connectivity index (χ2v) is 12.1. The van der Waals surface area contributed by atoms with Gasteiger partial charge in [-0.15, -0.1) is 0 Å². The van der Waals surface area contributed by atoms with Crippen LogP contribution in [0.25, 0.3) is 11.0 Å². The highest BCUT2D eigenvalue weighted by atomic mass is 31.2. The summed E-state index contributed by atoms with van der Waals surface area (Å²) in [6.45, 7) is 1.41. The molecule has 12 nitrogen and oxygen atoms in total. The number of H-pyrrole nitrogens is 1. The summed E-state index contributed by atoms with van der Waals surface area (Å²) in [5, 5.41) is 22.2. The number of aromatic amines is 1. The van der Waals surface area contributed by atoms with E-state index in [2.05, 4.69) is 15.9 Å². The maximum atomic E-state index is 14.9. The molecular weight excluding hydrogens is 591 g/mol. The number of aliphatic hydroxyl groups excluding tert-OH is 1. The molecule has 0 aliphatic carbocycles. The number of rotatable bonds is 10. The van der Waals surface area contributed by atoms with Crippen LogP contribution in [-0.2, 0) is 23.4 Å². The molecule has 3 aromatic rings. The van der Waals surface area contributed by atoms with E-state index in [0.717, 1.165) is 10.8 Å². The summed E-state index contributed by atoms with van der Waals surface area (Å²) >= 11 is 0. The summed E-state index contributed by atoms with van der Waals surface area (Å²) in [5.41, 5.74) is -4.06. The minimum absolute atomic E-state index is 0.00176. The van der Waals surface area contributed by atoms with Crippen molar-refractivity contribution in [3.63, 3.8) is 0 Å². The Bertz CT molecular complexity index is 1730. The zero-order valence-electron chi connectivity index (χ0n) is 25.6. The number of aromatic nitrogens is 3. The molecule has 1 unspecified atom stereocenters. The number of hydrogen-bond donors (Lipinski definition) is 3. The molecule has 0 spiro atoms. The van der Waals surface area contributed by atoms with E-state index < -0.39 is 85.8 Å². The van der Waals surface area contributed by atoms with Crippen LogP contribution in [0.15, 0.2) is 41.3 Å². The van der Waals surface area contributed by atoms with Crippen LogP contribution in [0.2, 0.25) is 0 Å². The molecule has 2 aromatic heterocycles. The number of hydrogen-bond acceptors (Lipinski definition) is 10. The van der Waals surface area contributed by atoms with E-state index in [1.54, 1.807) is 32.0 Å². The van der Waals surface area contributed by atoms with Gasteiger partial charge in [0.1, 0.15) is 35.8 Å². The Morgan fingerprint density at radius 3 is 2.70 bits per heavy atom. The monoisotopic (exact) mass is 625 g/mol. The van der Waals surface area contributed by atoms with Gasteiger partial charge in [0.2, 0.25) is 0 Å². The van der Waals surface area contributed by atoms with Crippen molar-refractivity contribution < 1.29 is 49.6 Å². The normalized spacial score (nSPS) is 24.9. The topological polar surface area (TPSA) is 162 Å². The molecule has 232 valence electrons. The molecule has 0 amide bonds. The van der Waals surface area contributed by atoms with Crippen LogP contribution in [0.1, 0.15) is 35.6 Å². The summed E-state index contributed by atoms with van der Waals surface area (Å²) in [6.07, 6.45) is -7.01. The highest BCUT2D eigenvalue weighted by Crippen LogP contribution is 2.51. The lowest BCUT2D eigenvalue weighted by atomic mass is 9.94. The lowest BCUT2D eigenvalue weighted by Crippen LogP contribution is -2.46. The Hall–Kier alpha value is -3.60. The van der Waals surface area contributed by atoms with Crippen LogP contribution in [0.3, 0.4) is 0 Å². The van der Waals surface area contributed by atoms with Crippen molar-refractivity contribution in [2.24, 2.45) is 5.92 Å². The van der Waals surface area contributed by atoms with Gasteiger partial charge in [0.15, 0.2) is 23.3 Å². The van der Waals surface area contributed by atoms with Crippen LogP contribution in [0.4, 0.5) is 8.78 Å². The first-order valence-electron chi connectivity index (χ1n) is 14.1. The minimum atomic E-state index is -4.67. The number of aryl methyl sites for hydroxylation is 1. The molecule has 4 rings (SSSR count). The number of carbonyl (C=O) groups excluding carboxylic acids is 1. The number of ether oxygens (including phenoxy) is 2. The van der Waals surface area contributed by atoms with Gasteiger partial charge in [-0.25, -0.2) is 18.3 Å². The summed E-state index contributed by atoms with van der Waals surface area (Å²) < 4.78 is 82.2. The molecule has 1 aliphatic rings. The van der Waals surface area contributed by atoms with Crippen LogP contribution in [0, 0.1) is 30.5 Å². The molecule has 1 aromatic carbocycles. The summed E-state index contributed by atoms with van der Waals surface area (Å²) in [5.74, 6) is 1.11. The van der Waals surface area contributed by atoms with E-state index in [9.17, 15) is 33.1 Å². The van der Waals surface area contributed by atoms with Crippen LogP contribution in [0.5, 0.6) is 5.75 Å². The SMILES string of the molecule is [2H]C([2H])(O[P@@](=O)(C[C@@H](C)C(=O)OC(C)C)Oc1ccccc1)[C@H]1O[C@@H](n2cc(F)c3c(=O)[nH]c(C)nc32)C(O)(C#CCF)[C@H]1O. The first kappa shape index (κ1) is 29.5. The van der Waals surface area contributed by atoms with Gasteiger partial charge >= 0.3 is 13.6 Å². The Morgan fingerprint density at radius 2 is 2.05 bits per heavy atom. The van der Waals surface area contributed by atoms with Crippen LogP contribution in [-0.4, -0.2) is 74.0 Å². The van der Waals surface area contributed by atoms with E-state index in [1.807, 2.05) is 5.92 Å². The molecule has 15 heteroatoms. The Morgan fingerprint density at radius 1 is 1.35 bits per heavy atom. The maximum absolute atomic E-state index is 14.9. The lowest BCUT2D eigenvalue weighted by Gasteiger charge is -2.27. The molecule has 0 bridgehead atoms. The molecule has 1 fully saturated rings. The predicted molar refractivity (Wildman–Crippen MR) is 150 cm³/mol. The van der Waals surface area contributed by atoms with Crippen molar-refractivity contribution in [1.29, 1.82) is 0 Å². The highest BCUT2D eigenvalue weighted by molar-refractivity contribution is 7.54. The molecule has 6 atom stereocenters. The van der Waals surface area contributed by atoms with Crippen molar-refractivity contribution in [2.75, 3.05) is 19.4 Å². The predicted octanol–water partition coefficient (Wildman–Crippen LogP) is 3.01. The van der Waals surface area contributed by atoms with Crippen LogP contribution < -0.4 is 10.1 Å². The first-order chi connectivity index (χ1) is 21.0. The number of esters is 1. The molecule has 1 saturated heterocycles. The van der Waals surface area contributed by atoms with Crippen LogP contribution >= 0.6 is 7.60 Å². The van der Waals surface area contributed by atoms with Gasteiger partial charge in [-0.3, -0.25) is 18.7 Å². The number of aliphatic hydroxyl groups is 2. The number of nitrogens with one attached hydrogen (secondary N) is 1. The molecule has 0 radical (unpaired) electrons. The van der Waals surface area contributed by atoms with Gasteiger partial charge in [-0.2, -0.15) is 0 Å². The standard InChI is InChI=1S/C28H32F2N3O9P/c1-16(2)40-26(36)17(3)15-43(38,42-19-9-6-5-7-10-19)39-14-21-23(34)28(37,11-8-12-29)27(41-21)33-13-20(30)22-24(33)31-18(4)32-25(22)35/h5-7,9-10,13,16-17,21,23,27,34,37H,12,14-15H2,1-4H3,(H,31,32,35)/t17-,21-,23+,27-,28?,43+/m1/s1/i14D2. The first-order valence-corrected chi connectivity index (χ1v) is 14.9. The number of carbonyl (C=O) groups is 1. The summed E-state index contributed by atoms with van der Waals surface area (Å²) in [4.78, 5) is 31.4. The average Bonchev–Trinajstić information content (AvgIpc) is 3.40. The largest absolute Gasteiger partial charge is 0.463 e. The quantitative estimate of drug-likeness (QED) is 0.174. The van der Waals surface area contributed by atoms with Crippen molar-refractivity contribution in [1.82, 2.24) is 14.5 Å². The second-order valence-electron chi connectivity index (χ2n) is 10.1. The lowest BCUT2D eigenvalue weighted by molar-refractivity contribution is -0.151. The molecular formula is C28H32F2N3O9P. The number of para-hydroxylation sites is 1. The Labute approximate surface area is 248 Å². The van der Waals surface area contributed by atoms with Crippen molar-refractivity contribution in [2.45, 2.75) is 57.8 Å². The fraction of sp³-hybridized carbons (Fsp3) is 0.464. The highest BCUT2D eigenvalue weighted by Gasteiger charge is 2.57. The minimum Gasteiger partial charge on any atom is -0.463 e. The number of benzene rings is 1. The number of alkyl halides is 1. The van der Waals surface area contributed by atoms with Gasteiger partial charge in [-0.05, 0) is 32.9 Å². The van der Waals surface area contributed by atoms with Gasteiger partial charge < -0.3 is 29.2 Å².